The third kappa shape index (κ3) is 26.4. The van der Waals surface area contributed by atoms with Crippen molar-refractivity contribution in [3.05, 3.63) is 18.2 Å². The molecule has 1 aromatic rings. The Labute approximate surface area is 476 Å². The zero-order chi connectivity index (χ0) is 61.8. The second-order valence-corrected chi connectivity index (χ2v) is 21.6. The summed E-state index contributed by atoms with van der Waals surface area (Å²) >= 11 is 0. The summed E-state index contributed by atoms with van der Waals surface area (Å²) in [6.45, 7) is 10.9. The average Bonchev–Trinajstić information content (AvgIpc) is 4.10. The van der Waals surface area contributed by atoms with E-state index in [0.717, 1.165) is 4.90 Å². The quantitative estimate of drug-likeness (QED) is 0.0171. The van der Waals surface area contributed by atoms with Crippen molar-refractivity contribution in [1.82, 2.24) is 52.1 Å². The van der Waals surface area contributed by atoms with Crippen molar-refractivity contribution in [2.24, 2.45) is 62.1 Å². The molecule has 0 saturated carbocycles. The van der Waals surface area contributed by atoms with Crippen molar-refractivity contribution in [2.45, 2.75) is 186 Å². The number of carbonyl (C=O) groups is 11. The lowest BCUT2D eigenvalue weighted by atomic mass is 9.99. The van der Waals surface area contributed by atoms with E-state index in [1.54, 1.807) is 27.7 Å². The predicted molar refractivity (Wildman–Crippen MR) is 300 cm³/mol. The van der Waals surface area contributed by atoms with Crippen LogP contribution in [0.15, 0.2) is 22.5 Å². The summed E-state index contributed by atoms with van der Waals surface area (Å²) in [5, 5.41) is 37.8. The molecule has 31 nitrogen and oxygen atoms in total. The summed E-state index contributed by atoms with van der Waals surface area (Å²) in [5.41, 5.74) is 33.7. The van der Waals surface area contributed by atoms with Crippen LogP contribution in [0.5, 0.6) is 0 Å². The Morgan fingerprint density at radius 1 is 0.598 bits per heavy atom. The number of primary amides is 1. The number of carboxylic acids is 2. The number of carboxylic acid groups (broad SMARTS) is 2. The minimum Gasteiger partial charge on any atom is -0.481 e. The number of carbonyl (C=O) groups excluding carboxylic acids is 9. The normalized spacial score (nSPS) is 16.0. The Balaban J connectivity index is 2.43. The van der Waals surface area contributed by atoms with Crippen LogP contribution >= 0.6 is 0 Å². The second-order valence-electron chi connectivity index (χ2n) is 21.6. The van der Waals surface area contributed by atoms with Gasteiger partial charge in [0, 0.05) is 50.8 Å². The van der Waals surface area contributed by atoms with Crippen LogP contribution in [0.4, 0.5) is 0 Å². The van der Waals surface area contributed by atoms with E-state index in [-0.39, 0.29) is 120 Å². The maximum Gasteiger partial charge on any atom is 0.326 e. The highest BCUT2D eigenvalue weighted by molar-refractivity contribution is 5.98. The van der Waals surface area contributed by atoms with Gasteiger partial charge < -0.3 is 91.7 Å². The number of hydrogen-bond acceptors (Lipinski definition) is 15. The second kappa shape index (κ2) is 35.6. The standard InChI is InChI=1S/C51H88N18O13/c1-26(2)20-34(65-41(73)30(52)10-7-17-59-50(54)55)46(78)66-35(21-27(3)4)44(76)62-31(11-8-18-60-51(56)57)42(74)64-33(14-16-40(71)72)48(80)69-19-9-12-38(69)47(79)67-36(22-28(5)6)45(77)63-32(13-15-39(53)70)43(75)68-37(49(81)82)23-29-24-58-25-61-29/h24-28,30-38H,7-23,52H2,1-6H3,(H2,53,70)(H,58,61)(H,62,76)(H,63,77)(H,64,74)(H,65,73)(H,66,78)(H,67,79)(H,68,75)(H,71,72)(H,81,82)(H4,54,55,59)(H4,56,57,60)/t30-,31-,32-,33-,34-,35-,36-,37-,38-/m0/s1. The number of guanidine groups is 2. The fourth-order valence-corrected chi connectivity index (χ4v) is 8.84. The van der Waals surface area contributed by atoms with Crippen molar-refractivity contribution >= 4 is 77.0 Å². The zero-order valence-electron chi connectivity index (χ0n) is 47.7. The van der Waals surface area contributed by atoms with Crippen LogP contribution in [-0.4, -0.2) is 176 Å². The lowest BCUT2D eigenvalue weighted by Crippen LogP contribution is -2.60. The Bertz CT molecular complexity index is 2380. The number of aromatic nitrogens is 2. The summed E-state index contributed by atoms with van der Waals surface area (Å²) in [6, 6.07) is -12.0. The fraction of sp³-hybridized carbons (Fsp3) is 0.686. The summed E-state index contributed by atoms with van der Waals surface area (Å²) < 4.78 is 0. The van der Waals surface area contributed by atoms with Gasteiger partial charge in [-0.2, -0.15) is 0 Å². The van der Waals surface area contributed by atoms with Gasteiger partial charge in [-0.1, -0.05) is 41.5 Å². The molecular weight excluding hydrogens is 1070 g/mol. The average molecular weight is 1160 g/mol. The van der Waals surface area contributed by atoms with Gasteiger partial charge in [0.05, 0.1) is 12.4 Å². The van der Waals surface area contributed by atoms with Gasteiger partial charge in [0.25, 0.3) is 0 Å². The monoisotopic (exact) mass is 1160 g/mol. The molecule has 1 aliphatic rings. The number of aliphatic imine (C=N–C) groups is 2. The number of nitrogens with two attached hydrogens (primary N) is 6. The Kier molecular flexibility index (Phi) is 30.4. The number of aliphatic carboxylic acids is 2. The smallest absolute Gasteiger partial charge is 0.326 e. The number of likely N-dealkylation sites (tertiary alicyclic amines) is 1. The molecule has 22 N–H and O–H groups in total. The van der Waals surface area contributed by atoms with Gasteiger partial charge in [0.15, 0.2) is 11.9 Å². The third-order valence-electron chi connectivity index (χ3n) is 12.9. The first kappa shape index (κ1) is 70.0. The molecule has 460 valence electrons. The molecule has 0 aliphatic carbocycles. The molecule has 31 heteroatoms. The van der Waals surface area contributed by atoms with Crippen LogP contribution in [0, 0.1) is 17.8 Å². The number of nitrogens with zero attached hydrogens (tertiary/aromatic N) is 4. The first-order valence-electron chi connectivity index (χ1n) is 27.5. The van der Waals surface area contributed by atoms with Gasteiger partial charge in [-0.25, -0.2) is 9.78 Å². The number of hydrogen-bond donors (Lipinski definition) is 16. The molecular formula is C51H88N18O13. The Morgan fingerprint density at radius 3 is 1.50 bits per heavy atom. The van der Waals surface area contributed by atoms with Crippen LogP contribution in [0.25, 0.3) is 0 Å². The van der Waals surface area contributed by atoms with Crippen molar-refractivity contribution < 1.29 is 63.0 Å². The maximum absolute atomic E-state index is 14.6. The molecule has 0 radical (unpaired) electrons. The first-order valence-corrected chi connectivity index (χ1v) is 27.5. The molecule has 1 aliphatic heterocycles. The first-order chi connectivity index (χ1) is 38.5. The minimum atomic E-state index is -1.58. The maximum atomic E-state index is 14.6. The van der Waals surface area contributed by atoms with E-state index in [2.05, 4.69) is 57.2 Å². The number of imidazole rings is 1. The lowest BCUT2D eigenvalue weighted by Gasteiger charge is -2.31. The van der Waals surface area contributed by atoms with Crippen LogP contribution in [0.2, 0.25) is 0 Å². The van der Waals surface area contributed by atoms with Gasteiger partial charge in [-0.15, -0.1) is 0 Å². The van der Waals surface area contributed by atoms with Gasteiger partial charge >= 0.3 is 11.9 Å². The van der Waals surface area contributed by atoms with Gasteiger partial charge in [0.1, 0.15) is 48.3 Å². The molecule has 2 heterocycles. The minimum absolute atomic E-state index is 0.00200. The summed E-state index contributed by atoms with van der Waals surface area (Å²) in [5.74, 6) is -11.0. The number of aromatic amines is 1. The van der Waals surface area contributed by atoms with E-state index in [0.29, 0.717) is 12.1 Å². The summed E-state index contributed by atoms with van der Waals surface area (Å²) in [7, 11) is 0. The predicted octanol–water partition coefficient (Wildman–Crippen LogP) is -3.88. The molecule has 0 spiro atoms. The van der Waals surface area contributed by atoms with Crippen molar-refractivity contribution in [3.63, 3.8) is 0 Å². The van der Waals surface area contributed by atoms with Crippen LogP contribution in [-0.2, 0) is 59.2 Å². The highest BCUT2D eigenvalue weighted by Crippen LogP contribution is 2.21. The molecule has 9 amide bonds. The van der Waals surface area contributed by atoms with E-state index in [1.165, 1.54) is 12.5 Å². The highest BCUT2D eigenvalue weighted by atomic mass is 16.4. The van der Waals surface area contributed by atoms with Crippen LogP contribution in [0.3, 0.4) is 0 Å². The van der Waals surface area contributed by atoms with Gasteiger partial charge in [0.2, 0.25) is 53.2 Å². The molecule has 0 unspecified atom stereocenters. The van der Waals surface area contributed by atoms with Crippen LogP contribution < -0.4 is 71.6 Å². The number of H-pyrrole nitrogens is 1. The number of rotatable bonds is 38. The molecule has 82 heavy (non-hydrogen) atoms. The molecule has 1 aromatic heterocycles. The van der Waals surface area contributed by atoms with Gasteiger partial charge in [-0.3, -0.25) is 57.9 Å². The van der Waals surface area contributed by atoms with Crippen molar-refractivity contribution in [2.75, 3.05) is 19.6 Å². The van der Waals surface area contributed by atoms with Crippen molar-refractivity contribution in [1.29, 1.82) is 0 Å². The zero-order valence-corrected chi connectivity index (χ0v) is 47.7. The topological polar surface area (TPSA) is 525 Å². The summed E-state index contributed by atoms with van der Waals surface area (Å²) in [6.07, 6.45) is 1.79. The summed E-state index contributed by atoms with van der Waals surface area (Å²) in [4.78, 5) is 164. The lowest BCUT2D eigenvalue weighted by molar-refractivity contribution is -0.144. The molecule has 1 fully saturated rings. The van der Waals surface area contributed by atoms with E-state index in [9.17, 15) is 63.0 Å². The molecule has 0 bridgehead atoms. The van der Waals surface area contributed by atoms with E-state index in [4.69, 9.17) is 34.4 Å². The molecule has 9 atom stereocenters. The SMILES string of the molecule is CC(C)C[C@H](NC(=O)[C@H](CC(C)C)NC(=O)[C@@H](N)CCCN=C(N)N)C(=O)N[C@@H](CCCN=C(N)N)C(=O)N[C@@H](CCC(=O)O)C(=O)N1CCC[C@H]1C(=O)N[C@@H](CC(C)C)C(=O)N[C@@H](CCC(N)=O)C(=O)N[C@@H](Cc1cnc[nH]1)C(=O)O. The third-order valence-corrected chi connectivity index (χ3v) is 12.9. The Hall–Kier alpha value is -8.12. The van der Waals surface area contributed by atoms with E-state index in [1.807, 2.05) is 13.8 Å². The molecule has 0 aromatic carbocycles. The van der Waals surface area contributed by atoms with E-state index < -0.39 is 132 Å². The largest absolute Gasteiger partial charge is 0.481 e. The number of amides is 9. The molecule has 2 rings (SSSR count). The van der Waals surface area contributed by atoms with Crippen molar-refractivity contribution in [3.8, 4) is 0 Å². The highest BCUT2D eigenvalue weighted by Gasteiger charge is 2.41. The van der Waals surface area contributed by atoms with E-state index >= 15 is 0 Å². The fourth-order valence-electron chi connectivity index (χ4n) is 8.84. The Morgan fingerprint density at radius 2 is 1.04 bits per heavy atom. The number of nitrogens with one attached hydrogen (secondary N) is 8. The molecule has 1 saturated heterocycles. The van der Waals surface area contributed by atoms with Gasteiger partial charge in [-0.05, 0) is 88.4 Å². The van der Waals surface area contributed by atoms with Crippen LogP contribution in [0.1, 0.15) is 131 Å².